The normalized spacial score (nSPS) is 21.7. The molecular formula is C24H37N3O2. The van der Waals surface area contributed by atoms with E-state index in [4.69, 9.17) is 4.84 Å². The Balaban J connectivity index is 1.11. The molecule has 3 aliphatic rings. The Kier molecular flexibility index (Phi) is 7.58. The molecule has 0 N–H and O–H groups in total. The van der Waals surface area contributed by atoms with Crippen LogP contribution >= 0.6 is 0 Å². The molecule has 1 aromatic carbocycles. The molecule has 0 bridgehead atoms. The molecule has 1 aromatic rings. The minimum Gasteiger partial charge on any atom is -0.312 e. The van der Waals surface area contributed by atoms with Gasteiger partial charge >= 0.3 is 0 Å². The Hall–Kier alpha value is -1.43. The standard InChI is InChI=1S/C24H37N3O2/c28-24-11-10-22-8-1-2-9-23(22)27(24)17-5-14-25-18-12-21(13-19-25)7-3-4-15-26-16-6-20-29-26/h1-2,8-9,21H,3-7,10-20H2. The number of likely N-dealkylation sites (tertiary alicyclic amines) is 1. The van der Waals surface area contributed by atoms with Crippen LogP contribution < -0.4 is 4.90 Å². The van der Waals surface area contributed by atoms with Crippen LogP contribution in [0.15, 0.2) is 24.3 Å². The first-order chi connectivity index (χ1) is 14.3. The number of fused-ring (bicyclic) bond motifs is 1. The SMILES string of the molecule is O=C1CCc2ccccc2N1CCCN1CCC(CCCCN2CCCO2)CC1. The van der Waals surface area contributed by atoms with Gasteiger partial charge in [-0.3, -0.25) is 9.63 Å². The lowest BCUT2D eigenvalue weighted by molar-refractivity contribution is -0.118. The van der Waals surface area contributed by atoms with Gasteiger partial charge in [-0.15, -0.1) is 0 Å². The molecule has 2 fully saturated rings. The minimum absolute atomic E-state index is 0.293. The van der Waals surface area contributed by atoms with E-state index in [2.05, 4.69) is 28.2 Å². The maximum Gasteiger partial charge on any atom is 0.227 e. The molecule has 160 valence electrons. The Bertz CT molecular complexity index is 651. The third kappa shape index (κ3) is 5.80. The third-order valence-corrected chi connectivity index (χ3v) is 6.85. The summed E-state index contributed by atoms with van der Waals surface area (Å²) in [7, 11) is 0. The summed E-state index contributed by atoms with van der Waals surface area (Å²) in [6.45, 7) is 7.56. The number of benzene rings is 1. The molecule has 5 heteroatoms. The van der Waals surface area contributed by atoms with E-state index < -0.39 is 0 Å². The smallest absolute Gasteiger partial charge is 0.227 e. The largest absolute Gasteiger partial charge is 0.312 e. The van der Waals surface area contributed by atoms with E-state index in [0.29, 0.717) is 12.3 Å². The number of rotatable bonds is 9. The van der Waals surface area contributed by atoms with Crippen LogP contribution in [0, 0.1) is 5.92 Å². The van der Waals surface area contributed by atoms with Gasteiger partial charge in [0.05, 0.1) is 6.61 Å². The highest BCUT2D eigenvalue weighted by Gasteiger charge is 2.24. The molecular weight excluding hydrogens is 362 g/mol. The van der Waals surface area contributed by atoms with E-state index in [1.54, 1.807) is 0 Å². The number of para-hydroxylation sites is 1. The lowest BCUT2D eigenvalue weighted by Gasteiger charge is -2.33. The van der Waals surface area contributed by atoms with E-state index in [1.165, 1.54) is 57.2 Å². The fourth-order valence-electron chi connectivity index (χ4n) is 5.09. The lowest BCUT2D eigenvalue weighted by Crippen LogP contribution is -2.39. The average Bonchev–Trinajstić information content (AvgIpc) is 3.27. The summed E-state index contributed by atoms with van der Waals surface area (Å²) >= 11 is 0. The lowest BCUT2D eigenvalue weighted by atomic mass is 9.91. The topological polar surface area (TPSA) is 36.0 Å². The van der Waals surface area contributed by atoms with Gasteiger partial charge in [0.2, 0.25) is 5.91 Å². The van der Waals surface area contributed by atoms with Crippen LogP contribution in [0.1, 0.15) is 56.9 Å². The molecule has 3 aliphatic heterocycles. The molecule has 0 atom stereocenters. The van der Waals surface area contributed by atoms with E-state index in [1.807, 2.05) is 11.0 Å². The first-order valence-corrected chi connectivity index (χ1v) is 11.8. The molecule has 29 heavy (non-hydrogen) atoms. The molecule has 0 saturated carbocycles. The highest BCUT2D eigenvalue weighted by molar-refractivity contribution is 5.96. The summed E-state index contributed by atoms with van der Waals surface area (Å²) in [4.78, 5) is 22.6. The highest BCUT2D eigenvalue weighted by atomic mass is 16.7. The second-order valence-corrected chi connectivity index (χ2v) is 8.92. The number of nitrogens with zero attached hydrogens (tertiary/aromatic N) is 3. The van der Waals surface area contributed by atoms with Crippen LogP contribution in [-0.4, -0.2) is 61.7 Å². The molecule has 5 nitrogen and oxygen atoms in total. The van der Waals surface area contributed by atoms with Crippen LogP contribution in [0.25, 0.3) is 0 Å². The number of piperidine rings is 1. The molecule has 1 amide bonds. The van der Waals surface area contributed by atoms with Crippen molar-refractivity contribution in [3.63, 3.8) is 0 Å². The van der Waals surface area contributed by atoms with Crippen molar-refractivity contribution in [2.45, 2.75) is 57.8 Å². The number of carbonyl (C=O) groups excluding carboxylic acids is 1. The van der Waals surface area contributed by atoms with E-state index in [9.17, 15) is 4.79 Å². The zero-order valence-corrected chi connectivity index (χ0v) is 17.9. The first-order valence-electron chi connectivity index (χ1n) is 11.8. The predicted molar refractivity (Wildman–Crippen MR) is 117 cm³/mol. The van der Waals surface area contributed by atoms with Gasteiger partial charge in [-0.05, 0) is 75.7 Å². The van der Waals surface area contributed by atoms with Crippen molar-refractivity contribution in [2.75, 3.05) is 50.8 Å². The number of hydroxylamine groups is 2. The van der Waals surface area contributed by atoms with E-state index in [0.717, 1.165) is 57.2 Å². The summed E-state index contributed by atoms with van der Waals surface area (Å²) in [5.74, 6) is 1.20. The maximum absolute atomic E-state index is 12.4. The fraction of sp³-hybridized carbons (Fsp3) is 0.708. The number of aryl methyl sites for hydroxylation is 1. The average molecular weight is 400 g/mol. The molecule has 3 heterocycles. The number of anilines is 1. The van der Waals surface area contributed by atoms with Crippen molar-refractivity contribution in [3.8, 4) is 0 Å². The van der Waals surface area contributed by atoms with Gasteiger partial charge in [0.15, 0.2) is 0 Å². The Labute approximate surface area is 175 Å². The monoisotopic (exact) mass is 399 g/mol. The summed E-state index contributed by atoms with van der Waals surface area (Å²) in [5, 5.41) is 2.15. The fourth-order valence-corrected chi connectivity index (χ4v) is 5.09. The predicted octanol–water partition coefficient (Wildman–Crippen LogP) is 3.88. The third-order valence-electron chi connectivity index (χ3n) is 6.85. The van der Waals surface area contributed by atoms with Gasteiger partial charge in [-0.2, -0.15) is 5.06 Å². The van der Waals surface area contributed by atoms with Crippen LogP contribution in [-0.2, 0) is 16.1 Å². The summed E-state index contributed by atoms with van der Waals surface area (Å²) in [5.41, 5.74) is 2.46. The molecule has 4 rings (SSSR count). The molecule has 2 saturated heterocycles. The Morgan fingerprint density at radius 1 is 0.931 bits per heavy atom. The Morgan fingerprint density at radius 3 is 2.62 bits per heavy atom. The summed E-state index contributed by atoms with van der Waals surface area (Å²) in [6, 6.07) is 8.40. The highest BCUT2D eigenvalue weighted by Crippen LogP contribution is 2.28. The molecule has 0 radical (unpaired) electrons. The molecule has 0 aromatic heterocycles. The number of hydrogen-bond donors (Lipinski definition) is 0. The van der Waals surface area contributed by atoms with Crippen LogP contribution in [0.5, 0.6) is 0 Å². The molecule has 0 aliphatic carbocycles. The number of unbranched alkanes of at least 4 members (excludes halogenated alkanes) is 1. The van der Waals surface area contributed by atoms with Gasteiger partial charge in [-0.25, -0.2) is 0 Å². The summed E-state index contributed by atoms with van der Waals surface area (Å²) in [6.07, 6.45) is 10.5. The second kappa shape index (κ2) is 10.6. The molecule has 0 spiro atoms. The van der Waals surface area contributed by atoms with E-state index in [-0.39, 0.29) is 0 Å². The first kappa shape index (κ1) is 20.8. The van der Waals surface area contributed by atoms with Crippen molar-refractivity contribution in [1.29, 1.82) is 0 Å². The van der Waals surface area contributed by atoms with E-state index >= 15 is 0 Å². The van der Waals surface area contributed by atoms with Gasteiger partial charge in [-0.1, -0.05) is 31.0 Å². The van der Waals surface area contributed by atoms with Crippen molar-refractivity contribution in [1.82, 2.24) is 9.96 Å². The van der Waals surface area contributed by atoms with Crippen molar-refractivity contribution >= 4 is 11.6 Å². The summed E-state index contributed by atoms with van der Waals surface area (Å²) < 4.78 is 0. The van der Waals surface area contributed by atoms with Gasteiger partial charge in [0.25, 0.3) is 0 Å². The quantitative estimate of drug-likeness (QED) is 0.591. The van der Waals surface area contributed by atoms with Crippen LogP contribution in [0.3, 0.4) is 0 Å². The zero-order valence-electron chi connectivity index (χ0n) is 17.9. The number of hydrogen-bond acceptors (Lipinski definition) is 4. The van der Waals surface area contributed by atoms with Crippen molar-refractivity contribution < 1.29 is 9.63 Å². The number of amides is 1. The zero-order chi connectivity index (χ0) is 19.9. The maximum atomic E-state index is 12.4. The number of carbonyl (C=O) groups is 1. The minimum atomic E-state index is 0.293. The second-order valence-electron chi connectivity index (χ2n) is 8.92. The van der Waals surface area contributed by atoms with Gasteiger partial charge < -0.3 is 9.80 Å². The van der Waals surface area contributed by atoms with Crippen LogP contribution in [0.4, 0.5) is 5.69 Å². The van der Waals surface area contributed by atoms with Gasteiger partial charge in [0, 0.05) is 31.7 Å². The van der Waals surface area contributed by atoms with Crippen molar-refractivity contribution in [2.24, 2.45) is 5.92 Å². The Morgan fingerprint density at radius 2 is 1.79 bits per heavy atom. The van der Waals surface area contributed by atoms with Crippen molar-refractivity contribution in [3.05, 3.63) is 29.8 Å². The molecule has 0 unspecified atom stereocenters. The van der Waals surface area contributed by atoms with Crippen LogP contribution in [0.2, 0.25) is 0 Å². The van der Waals surface area contributed by atoms with Gasteiger partial charge in [0.1, 0.15) is 0 Å².